The van der Waals surface area contributed by atoms with E-state index in [0.717, 1.165) is 43.9 Å². The van der Waals surface area contributed by atoms with Crippen LogP contribution in [0.3, 0.4) is 0 Å². The third kappa shape index (κ3) is 2.33. The summed E-state index contributed by atoms with van der Waals surface area (Å²) in [7, 11) is 0. The fourth-order valence-corrected chi connectivity index (χ4v) is 1.94. The summed E-state index contributed by atoms with van der Waals surface area (Å²) in [6, 6.07) is 2.14. The highest BCUT2D eigenvalue weighted by molar-refractivity contribution is 5.23. The standard InChI is InChI=1S/C11H17N3O/c1-2-10-7-9-8-14(5-6-15)4-3-11(9)13-12-10/h7,15H,2-6,8H2,1H3. The molecule has 2 heterocycles. The van der Waals surface area contributed by atoms with Crippen LogP contribution in [-0.4, -0.2) is 39.9 Å². The van der Waals surface area contributed by atoms with E-state index >= 15 is 0 Å². The van der Waals surface area contributed by atoms with Gasteiger partial charge >= 0.3 is 0 Å². The lowest BCUT2D eigenvalue weighted by Crippen LogP contribution is -2.33. The van der Waals surface area contributed by atoms with E-state index in [-0.39, 0.29) is 6.61 Å². The van der Waals surface area contributed by atoms with Crippen LogP contribution in [0.25, 0.3) is 0 Å². The summed E-state index contributed by atoms with van der Waals surface area (Å²) in [5, 5.41) is 17.3. The van der Waals surface area contributed by atoms with Crippen molar-refractivity contribution in [2.45, 2.75) is 26.3 Å². The Hall–Kier alpha value is -1.00. The molecule has 2 rings (SSSR count). The number of fused-ring (bicyclic) bond motifs is 1. The van der Waals surface area contributed by atoms with Crippen molar-refractivity contribution in [3.63, 3.8) is 0 Å². The average Bonchev–Trinajstić information content (AvgIpc) is 2.28. The van der Waals surface area contributed by atoms with Gasteiger partial charge in [0.05, 0.1) is 18.0 Å². The third-order valence-electron chi connectivity index (χ3n) is 2.85. The molecule has 0 saturated heterocycles. The second-order valence-corrected chi connectivity index (χ2v) is 3.91. The predicted octanol–water partition coefficient (Wildman–Crippen LogP) is 0.389. The summed E-state index contributed by atoms with van der Waals surface area (Å²) in [5.41, 5.74) is 3.46. The highest BCUT2D eigenvalue weighted by Gasteiger charge is 2.17. The van der Waals surface area contributed by atoms with E-state index in [0.29, 0.717) is 0 Å². The molecule has 1 aliphatic rings. The number of rotatable bonds is 3. The summed E-state index contributed by atoms with van der Waals surface area (Å²) in [5.74, 6) is 0. The van der Waals surface area contributed by atoms with Crippen LogP contribution in [0, 0.1) is 0 Å². The lowest BCUT2D eigenvalue weighted by atomic mass is 10.1. The Labute approximate surface area is 89.9 Å². The maximum absolute atomic E-state index is 8.90. The summed E-state index contributed by atoms with van der Waals surface area (Å²) >= 11 is 0. The molecule has 0 amide bonds. The van der Waals surface area contributed by atoms with Crippen LogP contribution < -0.4 is 0 Å². The zero-order chi connectivity index (χ0) is 10.7. The lowest BCUT2D eigenvalue weighted by Gasteiger charge is -2.27. The van der Waals surface area contributed by atoms with Gasteiger partial charge in [-0.1, -0.05) is 6.92 Å². The maximum Gasteiger partial charge on any atom is 0.0689 e. The van der Waals surface area contributed by atoms with Gasteiger partial charge in [0.25, 0.3) is 0 Å². The molecule has 0 atom stereocenters. The van der Waals surface area contributed by atoms with E-state index < -0.39 is 0 Å². The first-order chi connectivity index (χ1) is 7.33. The molecule has 1 aliphatic heterocycles. The molecule has 0 radical (unpaired) electrons. The summed E-state index contributed by atoms with van der Waals surface area (Å²) in [6.07, 6.45) is 1.88. The highest BCUT2D eigenvalue weighted by Crippen LogP contribution is 2.16. The smallest absolute Gasteiger partial charge is 0.0689 e. The molecule has 0 saturated carbocycles. The second kappa shape index (κ2) is 4.68. The minimum absolute atomic E-state index is 0.231. The van der Waals surface area contributed by atoms with Crippen LogP contribution in [0.2, 0.25) is 0 Å². The van der Waals surface area contributed by atoms with Crippen molar-refractivity contribution in [1.82, 2.24) is 15.1 Å². The lowest BCUT2D eigenvalue weighted by molar-refractivity contribution is 0.183. The number of nitrogens with zero attached hydrogens (tertiary/aromatic N) is 3. The summed E-state index contributed by atoms with van der Waals surface area (Å²) < 4.78 is 0. The molecule has 1 aromatic heterocycles. The number of hydrogen-bond donors (Lipinski definition) is 1. The van der Waals surface area contributed by atoms with Crippen molar-refractivity contribution in [2.24, 2.45) is 0 Å². The maximum atomic E-state index is 8.90. The molecule has 0 spiro atoms. The number of hydrogen-bond acceptors (Lipinski definition) is 4. The largest absolute Gasteiger partial charge is 0.395 e. The van der Waals surface area contributed by atoms with Gasteiger partial charge in [-0.2, -0.15) is 10.2 Å². The number of aryl methyl sites for hydroxylation is 1. The first-order valence-electron chi connectivity index (χ1n) is 5.51. The van der Waals surface area contributed by atoms with Crippen molar-refractivity contribution in [1.29, 1.82) is 0 Å². The number of aliphatic hydroxyl groups excluding tert-OH is 1. The minimum atomic E-state index is 0.231. The number of β-amino-alcohol motifs (C(OH)–C–C–N with tert-alkyl or cyclic N) is 1. The molecule has 4 nitrogen and oxygen atoms in total. The molecular weight excluding hydrogens is 190 g/mol. The first-order valence-corrected chi connectivity index (χ1v) is 5.51. The van der Waals surface area contributed by atoms with Gasteiger partial charge in [0.15, 0.2) is 0 Å². The molecule has 82 valence electrons. The summed E-state index contributed by atoms with van der Waals surface area (Å²) in [6.45, 7) is 4.95. The van der Waals surface area contributed by atoms with Crippen LogP contribution in [0.15, 0.2) is 6.07 Å². The van der Waals surface area contributed by atoms with Crippen LogP contribution in [-0.2, 0) is 19.4 Å². The topological polar surface area (TPSA) is 49.2 Å². The summed E-state index contributed by atoms with van der Waals surface area (Å²) in [4.78, 5) is 2.25. The van der Waals surface area contributed by atoms with Crippen LogP contribution in [0.1, 0.15) is 23.9 Å². The molecule has 15 heavy (non-hydrogen) atoms. The molecule has 1 N–H and O–H groups in total. The Morgan fingerprint density at radius 1 is 1.47 bits per heavy atom. The van der Waals surface area contributed by atoms with E-state index in [1.807, 2.05) is 0 Å². The number of aliphatic hydroxyl groups is 1. The van der Waals surface area contributed by atoms with Crippen molar-refractivity contribution in [2.75, 3.05) is 19.7 Å². The Morgan fingerprint density at radius 3 is 3.07 bits per heavy atom. The normalized spacial score (nSPS) is 16.4. The molecule has 0 fully saturated rings. The van der Waals surface area contributed by atoms with Crippen molar-refractivity contribution < 1.29 is 5.11 Å². The Bertz CT molecular complexity index is 341. The van der Waals surface area contributed by atoms with Gasteiger partial charge in [0.2, 0.25) is 0 Å². The SMILES string of the molecule is CCc1cc2c(nn1)CCN(CCO)C2. The average molecular weight is 207 g/mol. The van der Waals surface area contributed by atoms with Crippen LogP contribution in [0.4, 0.5) is 0 Å². The monoisotopic (exact) mass is 207 g/mol. The minimum Gasteiger partial charge on any atom is -0.395 e. The molecule has 0 aliphatic carbocycles. The zero-order valence-electron chi connectivity index (χ0n) is 9.11. The van der Waals surface area contributed by atoms with Gasteiger partial charge in [-0.15, -0.1) is 0 Å². The Balaban J connectivity index is 2.16. The number of aromatic nitrogens is 2. The van der Waals surface area contributed by atoms with Crippen molar-refractivity contribution in [3.05, 3.63) is 23.0 Å². The molecule has 0 bridgehead atoms. The van der Waals surface area contributed by atoms with E-state index in [4.69, 9.17) is 5.11 Å². The van der Waals surface area contributed by atoms with Gasteiger partial charge in [-0.05, 0) is 18.1 Å². The van der Waals surface area contributed by atoms with Crippen LogP contribution >= 0.6 is 0 Å². The Morgan fingerprint density at radius 2 is 2.33 bits per heavy atom. The van der Waals surface area contributed by atoms with Gasteiger partial charge in [-0.25, -0.2) is 0 Å². The molecule has 1 aromatic rings. The highest BCUT2D eigenvalue weighted by atomic mass is 16.3. The molecule has 4 heteroatoms. The first kappa shape index (κ1) is 10.5. The Kier molecular flexibility index (Phi) is 3.28. The van der Waals surface area contributed by atoms with E-state index in [9.17, 15) is 0 Å². The zero-order valence-corrected chi connectivity index (χ0v) is 9.11. The van der Waals surface area contributed by atoms with Gasteiger partial charge in [0.1, 0.15) is 0 Å². The third-order valence-corrected chi connectivity index (χ3v) is 2.85. The molecular formula is C11H17N3O. The van der Waals surface area contributed by atoms with Gasteiger partial charge in [-0.3, -0.25) is 4.90 Å². The fourth-order valence-electron chi connectivity index (χ4n) is 1.94. The predicted molar refractivity (Wildman–Crippen MR) is 57.5 cm³/mol. The fraction of sp³-hybridized carbons (Fsp3) is 0.636. The van der Waals surface area contributed by atoms with Crippen molar-refractivity contribution in [3.8, 4) is 0 Å². The van der Waals surface area contributed by atoms with Crippen molar-refractivity contribution >= 4 is 0 Å². The van der Waals surface area contributed by atoms with Gasteiger partial charge in [0, 0.05) is 26.1 Å². The molecule has 0 aromatic carbocycles. The van der Waals surface area contributed by atoms with Crippen LogP contribution in [0.5, 0.6) is 0 Å². The molecule has 0 unspecified atom stereocenters. The second-order valence-electron chi connectivity index (χ2n) is 3.91. The van der Waals surface area contributed by atoms with E-state index in [1.165, 1.54) is 5.56 Å². The van der Waals surface area contributed by atoms with E-state index in [2.05, 4.69) is 28.1 Å². The van der Waals surface area contributed by atoms with Gasteiger partial charge < -0.3 is 5.11 Å². The quantitative estimate of drug-likeness (QED) is 0.779. The van der Waals surface area contributed by atoms with E-state index in [1.54, 1.807) is 0 Å².